The van der Waals surface area contributed by atoms with E-state index in [0.717, 1.165) is 27.2 Å². The Morgan fingerprint density at radius 3 is 2.59 bits per heavy atom. The number of halogens is 1. The normalized spacial score (nSPS) is 10.6. The molecule has 4 nitrogen and oxygen atoms in total. The second-order valence-corrected chi connectivity index (χ2v) is 5.93. The van der Waals surface area contributed by atoms with E-state index in [0.29, 0.717) is 6.54 Å². The van der Waals surface area contributed by atoms with Crippen molar-refractivity contribution in [3.8, 4) is 17.0 Å². The molecule has 0 atom stereocenters. The number of aromatic nitrogens is 2. The van der Waals surface area contributed by atoms with Crippen molar-refractivity contribution in [1.82, 2.24) is 9.55 Å². The minimum Gasteiger partial charge on any atom is -0.508 e. The first-order chi connectivity index (χ1) is 10.6. The molecule has 1 heterocycles. The smallest absolute Gasteiger partial charge is 0.203 e. The van der Waals surface area contributed by atoms with Gasteiger partial charge < -0.3 is 15.0 Å². The Hall–Kier alpha value is -2.27. The van der Waals surface area contributed by atoms with Crippen molar-refractivity contribution in [2.45, 2.75) is 6.54 Å². The fraction of sp³-hybridized carbons (Fsp3) is 0.118. The first kappa shape index (κ1) is 14.7. The van der Waals surface area contributed by atoms with Gasteiger partial charge in [-0.05, 0) is 23.8 Å². The average molecular weight is 358 g/mol. The maximum absolute atomic E-state index is 9.80. The lowest BCUT2D eigenvalue weighted by molar-refractivity contribution is 0.469. The minimum atomic E-state index is 0.289. The van der Waals surface area contributed by atoms with E-state index in [-0.39, 0.29) is 5.75 Å². The van der Waals surface area contributed by atoms with Gasteiger partial charge in [-0.25, -0.2) is 4.98 Å². The van der Waals surface area contributed by atoms with Gasteiger partial charge in [0.1, 0.15) is 5.75 Å². The lowest BCUT2D eigenvalue weighted by Crippen LogP contribution is -2.05. The number of nitrogens with one attached hydrogen (secondary N) is 1. The second kappa shape index (κ2) is 6.23. The van der Waals surface area contributed by atoms with E-state index in [1.807, 2.05) is 60.3 Å². The van der Waals surface area contributed by atoms with Crippen LogP contribution in [0.15, 0.2) is 59.2 Å². The molecule has 0 radical (unpaired) electrons. The molecule has 0 aliphatic carbocycles. The van der Waals surface area contributed by atoms with Gasteiger partial charge in [-0.2, -0.15) is 0 Å². The third-order valence-corrected chi connectivity index (χ3v) is 4.09. The number of phenolic OH excluding ortho intramolecular Hbond substituents is 1. The van der Waals surface area contributed by atoms with Crippen LogP contribution >= 0.6 is 15.9 Å². The number of para-hydroxylation sites is 1. The Balaban J connectivity index is 1.79. The first-order valence-corrected chi connectivity index (χ1v) is 7.73. The highest BCUT2D eigenvalue weighted by molar-refractivity contribution is 9.10. The largest absolute Gasteiger partial charge is 0.508 e. The molecule has 5 heteroatoms. The van der Waals surface area contributed by atoms with Gasteiger partial charge in [-0.15, -0.1) is 0 Å². The van der Waals surface area contributed by atoms with E-state index in [1.165, 1.54) is 0 Å². The molecule has 22 heavy (non-hydrogen) atoms. The molecule has 0 spiro atoms. The van der Waals surface area contributed by atoms with Crippen molar-refractivity contribution in [1.29, 1.82) is 0 Å². The monoisotopic (exact) mass is 357 g/mol. The van der Waals surface area contributed by atoms with Crippen LogP contribution in [0.1, 0.15) is 5.56 Å². The molecule has 0 aliphatic rings. The number of nitrogens with zero attached hydrogens (tertiary/aromatic N) is 2. The quantitative estimate of drug-likeness (QED) is 0.736. The number of phenols is 1. The lowest BCUT2D eigenvalue weighted by atomic mass is 10.2. The van der Waals surface area contributed by atoms with Gasteiger partial charge in [-0.1, -0.05) is 46.3 Å². The van der Waals surface area contributed by atoms with Crippen LogP contribution in [-0.4, -0.2) is 14.7 Å². The molecule has 0 bridgehead atoms. The maximum atomic E-state index is 9.80. The summed E-state index contributed by atoms with van der Waals surface area (Å²) < 4.78 is 3.06. The number of rotatable bonds is 4. The Bertz CT molecular complexity index is 781. The summed E-state index contributed by atoms with van der Waals surface area (Å²) in [6.07, 6.45) is 1.84. The van der Waals surface area contributed by atoms with Crippen LogP contribution in [0.25, 0.3) is 11.3 Å². The number of anilines is 1. The molecule has 0 fully saturated rings. The van der Waals surface area contributed by atoms with Crippen LogP contribution in [-0.2, 0) is 13.6 Å². The molecular formula is C17H16BrN3O. The lowest BCUT2D eigenvalue weighted by Gasteiger charge is -2.09. The number of aromatic hydroxyl groups is 1. The van der Waals surface area contributed by atoms with E-state index in [4.69, 9.17) is 0 Å². The third kappa shape index (κ3) is 2.99. The predicted octanol–water partition coefficient (Wildman–Crippen LogP) is 4.17. The zero-order valence-corrected chi connectivity index (χ0v) is 13.7. The van der Waals surface area contributed by atoms with Gasteiger partial charge in [0.15, 0.2) is 0 Å². The Kier molecular flexibility index (Phi) is 4.15. The van der Waals surface area contributed by atoms with Gasteiger partial charge in [0, 0.05) is 23.6 Å². The van der Waals surface area contributed by atoms with Crippen molar-refractivity contribution in [3.63, 3.8) is 0 Å². The molecule has 0 saturated heterocycles. The predicted molar refractivity (Wildman–Crippen MR) is 91.8 cm³/mol. The van der Waals surface area contributed by atoms with Crippen LogP contribution in [0, 0.1) is 0 Å². The number of benzene rings is 2. The molecule has 112 valence electrons. The Morgan fingerprint density at radius 2 is 1.86 bits per heavy atom. The van der Waals surface area contributed by atoms with E-state index in [1.54, 1.807) is 6.07 Å². The summed E-state index contributed by atoms with van der Waals surface area (Å²) in [6, 6.07) is 15.4. The highest BCUT2D eigenvalue weighted by Crippen LogP contribution is 2.24. The summed E-state index contributed by atoms with van der Waals surface area (Å²) in [5, 5.41) is 13.0. The third-order valence-electron chi connectivity index (χ3n) is 3.56. The molecule has 2 aromatic carbocycles. The Labute approximate surface area is 137 Å². The minimum absolute atomic E-state index is 0.289. The van der Waals surface area contributed by atoms with Crippen molar-refractivity contribution in [2.75, 3.05) is 5.32 Å². The summed E-state index contributed by atoms with van der Waals surface area (Å²) >= 11 is 3.44. The highest BCUT2D eigenvalue weighted by Gasteiger charge is 2.09. The second-order valence-electron chi connectivity index (χ2n) is 5.02. The molecule has 3 rings (SSSR count). The Morgan fingerprint density at radius 1 is 1.14 bits per heavy atom. The molecule has 3 aromatic rings. The average Bonchev–Trinajstić information content (AvgIpc) is 2.88. The van der Waals surface area contributed by atoms with Crippen molar-refractivity contribution >= 4 is 21.9 Å². The molecule has 2 N–H and O–H groups in total. The van der Waals surface area contributed by atoms with Crippen LogP contribution in [0.4, 0.5) is 5.95 Å². The number of hydrogen-bond donors (Lipinski definition) is 2. The van der Waals surface area contributed by atoms with Gasteiger partial charge in [0.05, 0.1) is 11.9 Å². The topological polar surface area (TPSA) is 50.1 Å². The molecule has 0 amide bonds. The van der Waals surface area contributed by atoms with Crippen LogP contribution in [0.5, 0.6) is 5.75 Å². The summed E-state index contributed by atoms with van der Waals surface area (Å²) in [5.41, 5.74) is 2.98. The standard InChI is InChI=1S/C17H16BrN3O/c1-21-15(12-6-8-14(18)9-7-12)11-20-17(21)19-10-13-4-2-3-5-16(13)22/h2-9,11,22H,10H2,1H3,(H,19,20). The van der Waals surface area contributed by atoms with Gasteiger partial charge in [0.25, 0.3) is 0 Å². The summed E-state index contributed by atoms with van der Waals surface area (Å²) in [4.78, 5) is 4.42. The van der Waals surface area contributed by atoms with Crippen molar-refractivity contribution in [2.24, 2.45) is 7.05 Å². The molecule has 0 unspecified atom stereocenters. The van der Waals surface area contributed by atoms with Crippen molar-refractivity contribution in [3.05, 3.63) is 64.8 Å². The summed E-state index contributed by atoms with van der Waals surface area (Å²) in [7, 11) is 1.97. The zero-order valence-electron chi connectivity index (χ0n) is 12.1. The van der Waals surface area contributed by atoms with Crippen LogP contribution < -0.4 is 5.32 Å². The molecule has 0 aliphatic heterocycles. The van der Waals surface area contributed by atoms with E-state index in [2.05, 4.69) is 26.2 Å². The maximum Gasteiger partial charge on any atom is 0.203 e. The van der Waals surface area contributed by atoms with Gasteiger partial charge in [-0.3, -0.25) is 0 Å². The summed E-state index contributed by atoms with van der Waals surface area (Å²) in [6.45, 7) is 0.525. The summed E-state index contributed by atoms with van der Waals surface area (Å²) in [5.74, 6) is 1.05. The molecule has 1 aromatic heterocycles. The van der Waals surface area contributed by atoms with Crippen LogP contribution in [0.3, 0.4) is 0 Å². The first-order valence-electron chi connectivity index (χ1n) is 6.93. The van der Waals surface area contributed by atoms with E-state index >= 15 is 0 Å². The van der Waals surface area contributed by atoms with Crippen molar-refractivity contribution < 1.29 is 5.11 Å². The van der Waals surface area contributed by atoms with Gasteiger partial charge in [0.2, 0.25) is 5.95 Å². The fourth-order valence-corrected chi connectivity index (χ4v) is 2.56. The number of imidazole rings is 1. The van der Waals surface area contributed by atoms with E-state index in [9.17, 15) is 5.11 Å². The SMILES string of the molecule is Cn1c(-c2ccc(Br)cc2)cnc1NCc1ccccc1O. The zero-order chi connectivity index (χ0) is 15.5. The van der Waals surface area contributed by atoms with E-state index < -0.39 is 0 Å². The fourth-order valence-electron chi connectivity index (χ4n) is 2.30. The van der Waals surface area contributed by atoms with Gasteiger partial charge >= 0.3 is 0 Å². The molecule has 0 saturated carbocycles. The number of hydrogen-bond acceptors (Lipinski definition) is 3. The highest BCUT2D eigenvalue weighted by atomic mass is 79.9. The molecular weight excluding hydrogens is 342 g/mol. The van der Waals surface area contributed by atoms with Crippen LogP contribution in [0.2, 0.25) is 0 Å².